The maximum absolute atomic E-state index is 12.5. The number of hydrogen-bond acceptors (Lipinski definition) is 4. The molecular formula is C20H25N3O2. The van der Waals surface area contributed by atoms with Crippen LogP contribution in [0.4, 0.5) is 0 Å². The lowest BCUT2D eigenvalue weighted by atomic mass is 10.2. The normalized spacial score (nSPS) is 15.6. The number of carbonyl (C=O) groups is 1. The molecule has 3 rings (SSSR count). The number of aromatic nitrogens is 1. The van der Waals surface area contributed by atoms with E-state index in [4.69, 9.17) is 4.74 Å². The summed E-state index contributed by atoms with van der Waals surface area (Å²) in [6.45, 7) is 4.45. The van der Waals surface area contributed by atoms with Crippen LogP contribution in [0, 0.1) is 0 Å². The van der Waals surface area contributed by atoms with Crippen molar-refractivity contribution in [3.05, 3.63) is 59.9 Å². The summed E-state index contributed by atoms with van der Waals surface area (Å²) in [6.07, 6.45) is 4.95. The van der Waals surface area contributed by atoms with Crippen LogP contribution in [0.25, 0.3) is 0 Å². The number of amides is 1. The van der Waals surface area contributed by atoms with E-state index in [1.165, 1.54) is 5.56 Å². The highest BCUT2D eigenvalue weighted by atomic mass is 16.5. The zero-order valence-corrected chi connectivity index (χ0v) is 14.7. The van der Waals surface area contributed by atoms with Gasteiger partial charge < -0.3 is 9.64 Å². The van der Waals surface area contributed by atoms with E-state index in [0.717, 1.165) is 50.5 Å². The first-order valence-corrected chi connectivity index (χ1v) is 8.76. The lowest BCUT2D eigenvalue weighted by molar-refractivity contribution is -0.130. The first kappa shape index (κ1) is 17.4. The van der Waals surface area contributed by atoms with Crippen molar-refractivity contribution in [1.29, 1.82) is 0 Å². The fourth-order valence-electron chi connectivity index (χ4n) is 3.16. The second-order valence-electron chi connectivity index (χ2n) is 6.40. The maximum atomic E-state index is 12.5. The third kappa shape index (κ3) is 5.03. The standard InChI is InChI=1S/C20H25N3O2/c1-25-19-7-5-17(6-8-19)16-22-10-3-11-23(13-12-22)20(24)14-18-4-2-9-21-15-18/h2,4-9,15H,3,10-14,16H2,1H3. The van der Waals surface area contributed by atoms with Crippen molar-refractivity contribution >= 4 is 5.91 Å². The number of methoxy groups -OCH3 is 1. The molecule has 2 aromatic rings. The molecule has 0 aliphatic carbocycles. The van der Waals surface area contributed by atoms with Crippen molar-refractivity contribution in [3.8, 4) is 5.75 Å². The van der Waals surface area contributed by atoms with Gasteiger partial charge in [-0.05, 0) is 35.7 Å². The van der Waals surface area contributed by atoms with Crippen LogP contribution < -0.4 is 4.74 Å². The second kappa shape index (κ2) is 8.62. The van der Waals surface area contributed by atoms with Gasteiger partial charge in [-0.2, -0.15) is 0 Å². The molecular weight excluding hydrogens is 314 g/mol. The number of rotatable bonds is 5. The summed E-state index contributed by atoms with van der Waals surface area (Å²) in [6, 6.07) is 12.0. The van der Waals surface area contributed by atoms with E-state index >= 15 is 0 Å². The molecule has 0 radical (unpaired) electrons. The Morgan fingerprint density at radius 1 is 1.08 bits per heavy atom. The van der Waals surface area contributed by atoms with E-state index < -0.39 is 0 Å². The fourth-order valence-corrected chi connectivity index (χ4v) is 3.16. The van der Waals surface area contributed by atoms with E-state index in [1.54, 1.807) is 19.5 Å². The highest BCUT2D eigenvalue weighted by Gasteiger charge is 2.19. The molecule has 132 valence electrons. The van der Waals surface area contributed by atoms with Crippen molar-refractivity contribution in [2.45, 2.75) is 19.4 Å². The third-order valence-electron chi connectivity index (χ3n) is 4.58. The predicted molar refractivity (Wildman–Crippen MR) is 97.4 cm³/mol. The van der Waals surface area contributed by atoms with Crippen LogP contribution in [0.15, 0.2) is 48.8 Å². The van der Waals surface area contributed by atoms with Crippen molar-refractivity contribution in [1.82, 2.24) is 14.8 Å². The van der Waals surface area contributed by atoms with Gasteiger partial charge in [-0.3, -0.25) is 14.7 Å². The zero-order chi connectivity index (χ0) is 17.5. The third-order valence-corrected chi connectivity index (χ3v) is 4.58. The molecule has 0 N–H and O–H groups in total. The van der Waals surface area contributed by atoms with Crippen LogP contribution in [-0.2, 0) is 17.8 Å². The Kier molecular flexibility index (Phi) is 6.01. The maximum Gasteiger partial charge on any atom is 0.227 e. The summed E-state index contributed by atoms with van der Waals surface area (Å²) < 4.78 is 5.21. The van der Waals surface area contributed by atoms with Gasteiger partial charge in [0, 0.05) is 45.1 Å². The van der Waals surface area contributed by atoms with Gasteiger partial charge in [-0.1, -0.05) is 18.2 Å². The molecule has 5 nitrogen and oxygen atoms in total. The lowest BCUT2D eigenvalue weighted by Gasteiger charge is -2.22. The average molecular weight is 339 g/mol. The highest BCUT2D eigenvalue weighted by Crippen LogP contribution is 2.14. The van der Waals surface area contributed by atoms with E-state index in [0.29, 0.717) is 6.42 Å². The molecule has 1 aliphatic heterocycles. The molecule has 25 heavy (non-hydrogen) atoms. The Hall–Kier alpha value is -2.40. The Morgan fingerprint density at radius 3 is 2.64 bits per heavy atom. The summed E-state index contributed by atoms with van der Waals surface area (Å²) in [5.74, 6) is 1.08. The number of nitrogens with zero attached hydrogens (tertiary/aromatic N) is 3. The molecule has 1 aromatic carbocycles. The van der Waals surface area contributed by atoms with Crippen molar-refractivity contribution in [3.63, 3.8) is 0 Å². The molecule has 1 saturated heterocycles. The first-order chi connectivity index (χ1) is 12.2. The largest absolute Gasteiger partial charge is 0.497 e. The Morgan fingerprint density at radius 2 is 1.92 bits per heavy atom. The van der Waals surface area contributed by atoms with Gasteiger partial charge in [-0.25, -0.2) is 0 Å². The highest BCUT2D eigenvalue weighted by molar-refractivity contribution is 5.78. The second-order valence-corrected chi connectivity index (χ2v) is 6.40. The summed E-state index contributed by atoms with van der Waals surface area (Å²) >= 11 is 0. The molecule has 1 aliphatic rings. The van der Waals surface area contributed by atoms with Crippen LogP contribution in [0.5, 0.6) is 5.75 Å². The Bertz CT molecular complexity index is 673. The summed E-state index contributed by atoms with van der Waals surface area (Å²) in [7, 11) is 1.68. The molecule has 0 saturated carbocycles. The molecule has 0 spiro atoms. The van der Waals surface area contributed by atoms with Crippen molar-refractivity contribution in [2.75, 3.05) is 33.3 Å². The number of pyridine rings is 1. The van der Waals surface area contributed by atoms with Crippen molar-refractivity contribution < 1.29 is 9.53 Å². The molecule has 5 heteroatoms. The van der Waals surface area contributed by atoms with E-state index in [2.05, 4.69) is 22.0 Å². The van der Waals surface area contributed by atoms with Gasteiger partial charge in [0.05, 0.1) is 13.5 Å². The SMILES string of the molecule is COc1ccc(CN2CCCN(C(=O)Cc3cccnc3)CC2)cc1. The monoisotopic (exact) mass is 339 g/mol. The summed E-state index contributed by atoms with van der Waals surface area (Å²) in [5.41, 5.74) is 2.25. The topological polar surface area (TPSA) is 45.7 Å². The summed E-state index contributed by atoms with van der Waals surface area (Å²) in [5, 5.41) is 0. The van der Waals surface area contributed by atoms with E-state index in [1.807, 2.05) is 29.2 Å². The molecule has 1 fully saturated rings. The minimum absolute atomic E-state index is 0.194. The minimum Gasteiger partial charge on any atom is -0.497 e. The summed E-state index contributed by atoms with van der Waals surface area (Å²) in [4.78, 5) is 21.0. The van der Waals surface area contributed by atoms with Crippen LogP contribution in [0.1, 0.15) is 17.5 Å². The molecule has 2 heterocycles. The molecule has 1 amide bonds. The quantitative estimate of drug-likeness (QED) is 0.839. The molecule has 0 bridgehead atoms. The van der Waals surface area contributed by atoms with Gasteiger partial charge in [0.2, 0.25) is 5.91 Å². The van der Waals surface area contributed by atoms with Gasteiger partial charge in [0.1, 0.15) is 5.75 Å². The van der Waals surface area contributed by atoms with Gasteiger partial charge in [0.25, 0.3) is 0 Å². The number of ether oxygens (including phenoxy) is 1. The Balaban J connectivity index is 1.52. The lowest BCUT2D eigenvalue weighted by Crippen LogP contribution is -2.36. The Labute approximate surface area is 149 Å². The number of carbonyl (C=O) groups excluding carboxylic acids is 1. The average Bonchev–Trinajstić information content (AvgIpc) is 2.89. The van der Waals surface area contributed by atoms with Crippen LogP contribution >= 0.6 is 0 Å². The van der Waals surface area contributed by atoms with E-state index in [9.17, 15) is 4.79 Å². The number of benzene rings is 1. The van der Waals surface area contributed by atoms with Gasteiger partial charge in [-0.15, -0.1) is 0 Å². The molecule has 1 aromatic heterocycles. The smallest absolute Gasteiger partial charge is 0.227 e. The zero-order valence-electron chi connectivity index (χ0n) is 14.7. The number of hydrogen-bond donors (Lipinski definition) is 0. The van der Waals surface area contributed by atoms with Crippen LogP contribution in [0.3, 0.4) is 0 Å². The van der Waals surface area contributed by atoms with Crippen LogP contribution in [0.2, 0.25) is 0 Å². The minimum atomic E-state index is 0.194. The van der Waals surface area contributed by atoms with Gasteiger partial charge >= 0.3 is 0 Å². The first-order valence-electron chi connectivity index (χ1n) is 8.76. The van der Waals surface area contributed by atoms with Crippen molar-refractivity contribution in [2.24, 2.45) is 0 Å². The predicted octanol–water partition coefficient (Wildman–Crippen LogP) is 2.37. The van der Waals surface area contributed by atoms with Gasteiger partial charge in [0.15, 0.2) is 0 Å². The fraction of sp³-hybridized carbons (Fsp3) is 0.400. The van der Waals surface area contributed by atoms with Crippen LogP contribution in [-0.4, -0.2) is 54.0 Å². The molecule has 0 atom stereocenters. The van der Waals surface area contributed by atoms with E-state index in [-0.39, 0.29) is 5.91 Å². The molecule has 0 unspecified atom stereocenters.